The molecule has 7 rings (SSSR count). The van der Waals surface area contributed by atoms with Crippen LogP contribution in [0.2, 0.25) is 0 Å². The summed E-state index contributed by atoms with van der Waals surface area (Å²) in [6, 6.07) is 19.1. The Bertz CT molecular complexity index is 1910. The number of nitrogens with zero attached hydrogens (tertiary/aromatic N) is 1. The van der Waals surface area contributed by atoms with E-state index < -0.39 is 58.6 Å². The molecule has 0 saturated carbocycles. The lowest BCUT2D eigenvalue weighted by molar-refractivity contribution is -0.123. The number of Topliss-reactive ketones (excluding diaryl/α,β-unsaturated/α-hetero) is 1. The summed E-state index contributed by atoms with van der Waals surface area (Å²) in [5.41, 5.74) is 2.29. The van der Waals surface area contributed by atoms with Crippen molar-refractivity contribution in [3.63, 3.8) is 0 Å². The first-order valence-electron chi connectivity index (χ1n) is 14.1. The van der Waals surface area contributed by atoms with Gasteiger partial charge in [-0.3, -0.25) is 28.9 Å². The van der Waals surface area contributed by atoms with Crippen molar-refractivity contribution in [2.75, 3.05) is 4.90 Å². The zero-order chi connectivity index (χ0) is 30.9. The van der Waals surface area contributed by atoms with Crippen LogP contribution in [0.4, 0.5) is 10.1 Å². The number of ketones is 3. The number of phenols is 1. The molecule has 1 heterocycles. The number of carbonyl (C=O) groups excluding carboxylic acids is 5. The zero-order valence-corrected chi connectivity index (χ0v) is 24.6. The van der Waals surface area contributed by atoms with Gasteiger partial charge in [-0.05, 0) is 65.0 Å². The minimum absolute atomic E-state index is 0.0415. The van der Waals surface area contributed by atoms with E-state index in [1.165, 1.54) is 18.2 Å². The summed E-state index contributed by atoms with van der Waals surface area (Å²) in [5, 5.41) is 10.7. The van der Waals surface area contributed by atoms with E-state index in [0.29, 0.717) is 22.4 Å². The number of phenolic OH excluding ortho intramolecular Hbond substituents is 1. The highest BCUT2D eigenvalue weighted by Gasteiger charge is 2.57. The number of imide groups is 1. The van der Waals surface area contributed by atoms with Crippen molar-refractivity contribution in [1.82, 2.24) is 0 Å². The second-order valence-corrected chi connectivity index (χ2v) is 12.2. The number of hydrogen-bond acceptors (Lipinski definition) is 6. The molecule has 3 aromatic carbocycles. The van der Waals surface area contributed by atoms with Crippen LogP contribution in [-0.4, -0.2) is 34.3 Å². The zero-order valence-electron chi connectivity index (χ0n) is 23.0. The molecular formula is C35H23BrFNO6. The van der Waals surface area contributed by atoms with E-state index in [0.717, 1.165) is 11.0 Å². The molecule has 3 aliphatic carbocycles. The molecule has 2 amide bonds. The van der Waals surface area contributed by atoms with Crippen LogP contribution in [0.5, 0.6) is 5.75 Å². The molecule has 0 bridgehead atoms. The summed E-state index contributed by atoms with van der Waals surface area (Å²) >= 11 is 3.17. The summed E-state index contributed by atoms with van der Waals surface area (Å²) in [7, 11) is 0. The first kappa shape index (κ1) is 28.0. The molecule has 0 radical (unpaired) electrons. The predicted molar refractivity (Wildman–Crippen MR) is 161 cm³/mol. The van der Waals surface area contributed by atoms with E-state index in [4.69, 9.17) is 0 Å². The molecule has 7 nitrogen and oxygen atoms in total. The molecule has 4 aliphatic rings. The Labute approximate surface area is 259 Å². The van der Waals surface area contributed by atoms with Gasteiger partial charge < -0.3 is 5.11 Å². The van der Waals surface area contributed by atoms with Crippen LogP contribution in [0, 0.1) is 23.6 Å². The van der Waals surface area contributed by atoms with Gasteiger partial charge in [-0.25, -0.2) is 4.39 Å². The number of para-hydroxylation sites is 1. The summed E-state index contributed by atoms with van der Waals surface area (Å²) in [6.45, 7) is 0. The highest BCUT2D eigenvalue weighted by atomic mass is 79.9. The van der Waals surface area contributed by atoms with Crippen LogP contribution in [0.1, 0.15) is 40.2 Å². The van der Waals surface area contributed by atoms with Crippen LogP contribution >= 0.6 is 15.9 Å². The van der Waals surface area contributed by atoms with Crippen LogP contribution < -0.4 is 4.90 Å². The van der Waals surface area contributed by atoms with Gasteiger partial charge in [-0.1, -0.05) is 54.1 Å². The Morgan fingerprint density at radius 3 is 2.30 bits per heavy atom. The summed E-state index contributed by atoms with van der Waals surface area (Å²) in [4.78, 5) is 68.5. The molecule has 1 saturated heterocycles. The molecule has 1 N–H and O–H groups in total. The molecule has 218 valence electrons. The highest BCUT2D eigenvalue weighted by Crippen LogP contribution is 2.56. The average Bonchev–Trinajstić information content (AvgIpc) is 3.29. The minimum atomic E-state index is -0.964. The van der Waals surface area contributed by atoms with Gasteiger partial charge in [0.25, 0.3) is 0 Å². The van der Waals surface area contributed by atoms with Crippen molar-refractivity contribution in [3.05, 3.63) is 129 Å². The maximum atomic E-state index is 14.6. The van der Waals surface area contributed by atoms with Gasteiger partial charge in [-0.2, -0.15) is 0 Å². The lowest BCUT2D eigenvalue weighted by atomic mass is 9.59. The number of fused-ring (bicyclic) bond motifs is 3. The van der Waals surface area contributed by atoms with Gasteiger partial charge in [-0.15, -0.1) is 0 Å². The Kier molecular flexibility index (Phi) is 6.66. The Balaban J connectivity index is 1.27. The van der Waals surface area contributed by atoms with E-state index >= 15 is 0 Å². The van der Waals surface area contributed by atoms with Crippen LogP contribution in [-0.2, 0) is 19.2 Å². The first-order chi connectivity index (χ1) is 21.2. The molecule has 44 heavy (non-hydrogen) atoms. The van der Waals surface area contributed by atoms with Crippen LogP contribution in [0.3, 0.4) is 0 Å². The molecule has 1 aliphatic heterocycles. The van der Waals surface area contributed by atoms with Gasteiger partial charge in [0.2, 0.25) is 11.8 Å². The standard InChI is InChI=1S/C35H23BrFNO6/c36-25-16-27(39)30-24(32(25)41)15-23-20(28(30)21-7-4-8-26(37)33(21)42)13-14-22-29(23)35(44)38(34(22)43)19-11-9-18(10-12-19)31(40)17-5-2-1-3-6-17/h1-13,16,22-23,28-29,42H,14-15H2. The smallest absolute Gasteiger partial charge is 0.238 e. The Morgan fingerprint density at radius 2 is 1.57 bits per heavy atom. The number of anilines is 1. The second-order valence-electron chi connectivity index (χ2n) is 11.3. The van der Waals surface area contributed by atoms with E-state index in [9.17, 15) is 33.5 Å². The summed E-state index contributed by atoms with van der Waals surface area (Å²) in [5.74, 6) is -6.57. The fourth-order valence-electron chi connectivity index (χ4n) is 7.10. The van der Waals surface area contributed by atoms with Gasteiger partial charge in [0.1, 0.15) is 0 Å². The van der Waals surface area contributed by atoms with Crippen molar-refractivity contribution in [3.8, 4) is 5.75 Å². The third kappa shape index (κ3) is 4.17. The fraction of sp³-hybridized carbons (Fsp3) is 0.171. The quantitative estimate of drug-likeness (QED) is 0.167. The Hall–Kier alpha value is -4.76. The van der Waals surface area contributed by atoms with Gasteiger partial charge in [0.15, 0.2) is 28.9 Å². The maximum absolute atomic E-state index is 14.6. The van der Waals surface area contributed by atoms with E-state index in [-0.39, 0.29) is 39.8 Å². The number of rotatable bonds is 4. The fourth-order valence-corrected chi connectivity index (χ4v) is 7.55. The van der Waals surface area contributed by atoms with Crippen molar-refractivity contribution in [1.29, 1.82) is 0 Å². The number of amides is 2. The lowest BCUT2D eigenvalue weighted by Crippen LogP contribution is -2.39. The molecule has 0 spiro atoms. The van der Waals surface area contributed by atoms with E-state index in [2.05, 4.69) is 15.9 Å². The average molecular weight is 652 g/mol. The number of aromatic hydroxyl groups is 1. The van der Waals surface area contributed by atoms with Crippen molar-refractivity contribution >= 4 is 50.8 Å². The molecular weight excluding hydrogens is 629 g/mol. The topological polar surface area (TPSA) is 109 Å². The second kappa shape index (κ2) is 10.4. The molecule has 4 atom stereocenters. The van der Waals surface area contributed by atoms with E-state index in [1.54, 1.807) is 54.6 Å². The third-order valence-electron chi connectivity index (χ3n) is 9.08. The SMILES string of the molecule is O=C1C=C(Br)C(=O)C2=C1C(c1cccc(F)c1O)C1=CCC3C(=O)N(c4ccc(C(=O)c5ccccc5)cc4)C(=O)C3C1C2. The van der Waals surface area contributed by atoms with Crippen molar-refractivity contribution < 1.29 is 33.5 Å². The van der Waals surface area contributed by atoms with Crippen LogP contribution in [0.25, 0.3) is 0 Å². The normalized spacial score (nSPS) is 24.5. The summed E-state index contributed by atoms with van der Waals surface area (Å²) in [6.07, 6.45) is 3.21. The van der Waals surface area contributed by atoms with Gasteiger partial charge in [0, 0.05) is 39.8 Å². The number of hydrogen-bond donors (Lipinski definition) is 1. The predicted octanol–water partition coefficient (Wildman–Crippen LogP) is 5.73. The number of halogens is 2. The minimum Gasteiger partial charge on any atom is -0.505 e. The Morgan fingerprint density at radius 1 is 0.864 bits per heavy atom. The summed E-state index contributed by atoms with van der Waals surface area (Å²) < 4.78 is 14.6. The molecule has 9 heteroatoms. The van der Waals surface area contributed by atoms with Crippen molar-refractivity contribution in [2.24, 2.45) is 17.8 Å². The largest absolute Gasteiger partial charge is 0.505 e. The van der Waals surface area contributed by atoms with Gasteiger partial charge >= 0.3 is 0 Å². The molecule has 4 unspecified atom stereocenters. The van der Waals surface area contributed by atoms with Gasteiger partial charge in [0.05, 0.1) is 22.0 Å². The number of allylic oxidation sites excluding steroid dienone is 6. The first-order valence-corrected chi connectivity index (χ1v) is 14.9. The maximum Gasteiger partial charge on any atom is 0.238 e. The van der Waals surface area contributed by atoms with Crippen LogP contribution in [0.15, 0.2) is 106 Å². The third-order valence-corrected chi connectivity index (χ3v) is 9.67. The molecule has 0 aromatic heterocycles. The lowest BCUT2D eigenvalue weighted by Gasteiger charge is -2.42. The molecule has 1 fully saturated rings. The number of benzene rings is 3. The van der Waals surface area contributed by atoms with E-state index in [1.807, 2.05) is 6.07 Å². The monoisotopic (exact) mass is 651 g/mol. The van der Waals surface area contributed by atoms with Crippen molar-refractivity contribution in [2.45, 2.75) is 18.8 Å². The number of carbonyl (C=O) groups is 5. The molecule has 3 aromatic rings. The highest BCUT2D eigenvalue weighted by molar-refractivity contribution is 9.12.